The average Bonchev–Trinajstić information content (AvgIpc) is 3.00. The predicted octanol–water partition coefficient (Wildman–Crippen LogP) is 1.28. The van der Waals surface area contributed by atoms with Crippen LogP contribution in [0.15, 0.2) is 39.2 Å². The molecule has 0 saturated heterocycles. The van der Waals surface area contributed by atoms with Crippen LogP contribution < -0.4 is 0 Å². The molecule has 0 aliphatic carbocycles. The highest BCUT2D eigenvalue weighted by Gasteiger charge is 2.36. The lowest BCUT2D eigenvalue weighted by molar-refractivity contribution is -0.121. The maximum atomic E-state index is 12.3. The van der Waals surface area contributed by atoms with Crippen molar-refractivity contribution in [3.63, 3.8) is 0 Å². The second-order valence-corrected chi connectivity index (χ2v) is 5.07. The van der Waals surface area contributed by atoms with Crippen molar-refractivity contribution in [2.75, 3.05) is 0 Å². The minimum atomic E-state index is -0.683. The van der Waals surface area contributed by atoms with E-state index in [9.17, 15) is 9.59 Å². The maximum absolute atomic E-state index is 12.3. The number of aliphatic imine (C=N–C) groups is 3. The number of benzene rings is 1. The fraction of sp³-hybridized carbons (Fsp3) is 0.133. The van der Waals surface area contributed by atoms with Crippen molar-refractivity contribution in [1.29, 1.82) is 0 Å². The number of para-hydroxylation sites is 1. The van der Waals surface area contributed by atoms with Crippen LogP contribution >= 0.6 is 0 Å². The summed E-state index contributed by atoms with van der Waals surface area (Å²) < 4.78 is 0. The summed E-state index contributed by atoms with van der Waals surface area (Å²) in [6.07, 6.45) is 1.21. The zero-order valence-electron chi connectivity index (χ0n) is 12.1. The minimum Gasteiger partial charge on any atom is -0.267 e. The molecule has 0 atom stereocenters. The molecule has 23 heavy (non-hydrogen) atoms. The smallest absolute Gasteiger partial charge is 0.267 e. The molecule has 0 fully saturated rings. The van der Waals surface area contributed by atoms with Gasteiger partial charge in [0, 0.05) is 11.1 Å². The van der Waals surface area contributed by atoms with Crippen LogP contribution in [0.2, 0.25) is 0 Å². The van der Waals surface area contributed by atoms with E-state index in [2.05, 4.69) is 24.9 Å². The quantitative estimate of drug-likeness (QED) is 0.834. The summed E-state index contributed by atoms with van der Waals surface area (Å²) in [6, 6.07) is 6.88. The minimum absolute atomic E-state index is 0.0564. The van der Waals surface area contributed by atoms with Gasteiger partial charge in [-0.2, -0.15) is 4.99 Å². The molecule has 3 heterocycles. The van der Waals surface area contributed by atoms with Gasteiger partial charge < -0.3 is 0 Å². The molecule has 0 radical (unpaired) electrons. The Labute approximate surface area is 130 Å². The van der Waals surface area contributed by atoms with Crippen LogP contribution in [0, 0.1) is 6.92 Å². The molecule has 2 aliphatic rings. The Morgan fingerprint density at radius 3 is 2.83 bits per heavy atom. The Hall–Kier alpha value is -3.29. The SMILES string of the molecule is Cc1nc(CN2C(=O)N=C3N=CN=C3C2=O)nc2ccccc12. The molecule has 3 amide bonds. The monoisotopic (exact) mass is 306 g/mol. The van der Waals surface area contributed by atoms with Crippen molar-refractivity contribution >= 4 is 40.7 Å². The molecule has 1 aromatic carbocycles. The molecule has 2 aromatic rings. The maximum Gasteiger partial charge on any atom is 0.353 e. The van der Waals surface area contributed by atoms with Gasteiger partial charge in [0.05, 0.1) is 12.1 Å². The number of carbonyl (C=O) groups excluding carboxylic acids is 2. The molecular weight excluding hydrogens is 296 g/mol. The Bertz CT molecular complexity index is 960. The number of amidine groups is 1. The standard InChI is InChI=1S/C15H10N6O2/c1-8-9-4-2-3-5-10(9)19-11(18-8)6-21-14(22)12-13(17-7-16-12)20-15(21)23/h2-5,7H,6H2,1H3. The average molecular weight is 306 g/mol. The van der Waals surface area contributed by atoms with Gasteiger partial charge in [0.25, 0.3) is 5.91 Å². The summed E-state index contributed by atoms with van der Waals surface area (Å²) in [5.74, 6) is -0.0974. The molecule has 112 valence electrons. The Balaban J connectivity index is 1.71. The van der Waals surface area contributed by atoms with Gasteiger partial charge in [-0.3, -0.25) is 4.79 Å². The largest absolute Gasteiger partial charge is 0.353 e. The molecule has 0 N–H and O–H groups in total. The van der Waals surface area contributed by atoms with E-state index in [1.807, 2.05) is 31.2 Å². The van der Waals surface area contributed by atoms with Gasteiger partial charge in [-0.1, -0.05) is 18.2 Å². The summed E-state index contributed by atoms with van der Waals surface area (Å²) in [7, 11) is 0. The van der Waals surface area contributed by atoms with Crippen LogP contribution in [0.5, 0.6) is 0 Å². The Morgan fingerprint density at radius 2 is 1.96 bits per heavy atom. The first-order valence-electron chi connectivity index (χ1n) is 6.91. The van der Waals surface area contributed by atoms with Gasteiger partial charge in [0.1, 0.15) is 12.2 Å². The van der Waals surface area contributed by atoms with E-state index in [1.165, 1.54) is 6.34 Å². The third-order valence-electron chi connectivity index (χ3n) is 3.60. The van der Waals surface area contributed by atoms with Crippen LogP contribution in [-0.4, -0.2) is 44.7 Å². The van der Waals surface area contributed by atoms with Crippen LogP contribution in [0.1, 0.15) is 11.5 Å². The van der Waals surface area contributed by atoms with Gasteiger partial charge in [0.15, 0.2) is 11.5 Å². The molecule has 0 saturated carbocycles. The number of fused-ring (bicyclic) bond motifs is 2. The normalized spacial score (nSPS) is 16.7. The van der Waals surface area contributed by atoms with Crippen molar-refractivity contribution in [1.82, 2.24) is 14.9 Å². The number of urea groups is 1. The zero-order chi connectivity index (χ0) is 16.0. The summed E-state index contributed by atoms with van der Waals surface area (Å²) in [6.45, 7) is 1.80. The number of rotatable bonds is 2. The van der Waals surface area contributed by atoms with E-state index >= 15 is 0 Å². The van der Waals surface area contributed by atoms with Gasteiger partial charge in [-0.25, -0.2) is 29.6 Å². The number of hydrogen-bond donors (Lipinski definition) is 0. The zero-order valence-corrected chi connectivity index (χ0v) is 12.1. The van der Waals surface area contributed by atoms with Crippen molar-refractivity contribution in [2.24, 2.45) is 15.0 Å². The molecule has 2 aliphatic heterocycles. The lowest BCUT2D eigenvalue weighted by atomic mass is 10.2. The summed E-state index contributed by atoms with van der Waals surface area (Å²) in [4.78, 5) is 45.5. The van der Waals surface area contributed by atoms with Gasteiger partial charge in [0.2, 0.25) is 0 Å². The first-order chi connectivity index (χ1) is 11.1. The number of hydrogen-bond acceptors (Lipinski definition) is 6. The van der Waals surface area contributed by atoms with Crippen molar-refractivity contribution in [3.8, 4) is 0 Å². The third-order valence-corrected chi connectivity index (χ3v) is 3.60. The first-order valence-corrected chi connectivity index (χ1v) is 6.91. The highest BCUT2D eigenvalue weighted by molar-refractivity contribution is 6.71. The predicted molar refractivity (Wildman–Crippen MR) is 83.6 cm³/mol. The molecule has 8 heteroatoms. The summed E-state index contributed by atoms with van der Waals surface area (Å²) in [5.41, 5.74) is 1.62. The summed E-state index contributed by atoms with van der Waals surface area (Å²) in [5, 5.41) is 0.932. The van der Waals surface area contributed by atoms with E-state index < -0.39 is 11.9 Å². The highest BCUT2D eigenvalue weighted by Crippen LogP contribution is 2.17. The number of aromatic nitrogens is 2. The second-order valence-electron chi connectivity index (χ2n) is 5.07. The lowest BCUT2D eigenvalue weighted by Crippen LogP contribution is -2.45. The molecule has 1 aromatic heterocycles. The van der Waals surface area contributed by atoms with E-state index in [4.69, 9.17) is 0 Å². The number of aryl methyl sites for hydroxylation is 1. The van der Waals surface area contributed by atoms with Gasteiger partial charge >= 0.3 is 6.03 Å². The van der Waals surface area contributed by atoms with Crippen LogP contribution in [-0.2, 0) is 11.3 Å². The molecule has 4 rings (SSSR count). The number of nitrogens with zero attached hydrogens (tertiary/aromatic N) is 6. The fourth-order valence-electron chi connectivity index (χ4n) is 2.50. The van der Waals surface area contributed by atoms with Gasteiger partial charge in [-0.05, 0) is 13.0 Å². The van der Waals surface area contributed by atoms with Crippen LogP contribution in [0.3, 0.4) is 0 Å². The molecule has 0 unspecified atom stereocenters. The fourth-order valence-corrected chi connectivity index (χ4v) is 2.50. The first kappa shape index (κ1) is 13.4. The molecule has 0 spiro atoms. The van der Waals surface area contributed by atoms with Crippen molar-refractivity contribution < 1.29 is 9.59 Å². The van der Waals surface area contributed by atoms with Crippen molar-refractivity contribution in [2.45, 2.75) is 13.5 Å². The third kappa shape index (κ3) is 2.11. The summed E-state index contributed by atoms with van der Waals surface area (Å²) >= 11 is 0. The van der Waals surface area contributed by atoms with Gasteiger partial charge in [-0.15, -0.1) is 0 Å². The van der Waals surface area contributed by atoms with E-state index in [0.717, 1.165) is 21.5 Å². The Morgan fingerprint density at radius 1 is 1.13 bits per heavy atom. The van der Waals surface area contributed by atoms with Crippen LogP contribution in [0.25, 0.3) is 10.9 Å². The van der Waals surface area contributed by atoms with E-state index in [1.54, 1.807) is 0 Å². The number of amides is 3. The number of carbonyl (C=O) groups is 2. The lowest BCUT2D eigenvalue weighted by Gasteiger charge is -2.21. The molecule has 0 bridgehead atoms. The van der Waals surface area contributed by atoms with E-state index in [-0.39, 0.29) is 18.1 Å². The van der Waals surface area contributed by atoms with Crippen LogP contribution in [0.4, 0.5) is 4.79 Å². The number of imide groups is 1. The highest BCUT2D eigenvalue weighted by atomic mass is 16.2. The van der Waals surface area contributed by atoms with Crippen molar-refractivity contribution in [3.05, 3.63) is 35.8 Å². The molecular formula is C15H10N6O2. The van der Waals surface area contributed by atoms with E-state index in [0.29, 0.717) is 5.82 Å². The molecule has 8 nitrogen and oxygen atoms in total. The second kappa shape index (κ2) is 4.87. The topological polar surface area (TPSA) is 100 Å². The Kier molecular flexibility index (Phi) is 2.83.